The molecule has 4 rings (SSSR count). The number of hydrogen-bond donors (Lipinski definition) is 1. The van der Waals surface area contributed by atoms with Crippen LogP contribution in [0, 0.1) is 0 Å². The molecule has 1 amide bonds. The normalized spacial score (nSPS) is 20.2. The first kappa shape index (κ1) is 17.0. The van der Waals surface area contributed by atoms with E-state index in [1.165, 1.54) is 0 Å². The third-order valence-electron chi connectivity index (χ3n) is 4.76. The molecule has 3 aromatic rings. The fourth-order valence-electron chi connectivity index (χ4n) is 3.28. The monoisotopic (exact) mass is 367 g/mol. The highest BCUT2D eigenvalue weighted by molar-refractivity contribution is 7.99. The molecule has 7 heteroatoms. The Labute approximate surface area is 156 Å². The quantitative estimate of drug-likeness (QED) is 0.767. The van der Waals surface area contributed by atoms with Crippen molar-refractivity contribution in [3.8, 4) is 0 Å². The highest BCUT2D eigenvalue weighted by atomic mass is 32.2. The Morgan fingerprint density at radius 3 is 2.77 bits per heavy atom. The van der Waals surface area contributed by atoms with Gasteiger partial charge in [0.25, 0.3) is 5.91 Å². The Morgan fingerprint density at radius 2 is 2.00 bits per heavy atom. The van der Waals surface area contributed by atoms with Gasteiger partial charge in [0.15, 0.2) is 10.8 Å². The Balaban J connectivity index is 1.33. The lowest BCUT2D eigenvalue weighted by atomic mass is 9.95. The van der Waals surface area contributed by atoms with E-state index in [2.05, 4.69) is 24.8 Å². The summed E-state index contributed by atoms with van der Waals surface area (Å²) in [6.45, 7) is 0. The summed E-state index contributed by atoms with van der Waals surface area (Å²) in [6, 6.07) is 7.68. The first-order chi connectivity index (χ1) is 12.7. The zero-order valence-electron chi connectivity index (χ0n) is 14.6. The standard InChI is InChI=1S/C19H21N5OS/c1-24-12-11-21-19(24)26-15-7-5-14(6-8-15)22-18(25)16-9-4-13-3-2-10-20-17(13)23-16/h2-4,9-12,14-15H,5-8H2,1H3,(H,22,25). The van der Waals surface area contributed by atoms with Gasteiger partial charge < -0.3 is 9.88 Å². The zero-order valence-corrected chi connectivity index (χ0v) is 15.4. The second-order valence-corrected chi connectivity index (χ2v) is 7.90. The van der Waals surface area contributed by atoms with Gasteiger partial charge in [0.2, 0.25) is 0 Å². The van der Waals surface area contributed by atoms with Gasteiger partial charge in [0, 0.05) is 42.3 Å². The minimum Gasteiger partial charge on any atom is -0.348 e. The van der Waals surface area contributed by atoms with Crippen molar-refractivity contribution in [2.45, 2.75) is 42.1 Å². The van der Waals surface area contributed by atoms with E-state index in [9.17, 15) is 4.79 Å². The third-order valence-corrected chi connectivity index (χ3v) is 6.16. The van der Waals surface area contributed by atoms with Crippen molar-refractivity contribution in [1.82, 2.24) is 24.8 Å². The number of nitrogens with one attached hydrogen (secondary N) is 1. The molecule has 0 aromatic carbocycles. The summed E-state index contributed by atoms with van der Waals surface area (Å²) in [4.78, 5) is 25.5. The molecule has 0 unspecified atom stereocenters. The summed E-state index contributed by atoms with van der Waals surface area (Å²) < 4.78 is 2.05. The summed E-state index contributed by atoms with van der Waals surface area (Å²) in [5.74, 6) is -0.113. The molecule has 134 valence electrons. The molecule has 0 radical (unpaired) electrons. The molecule has 1 fully saturated rings. The molecule has 26 heavy (non-hydrogen) atoms. The van der Waals surface area contributed by atoms with Gasteiger partial charge in [0.05, 0.1) is 0 Å². The molecule has 0 aliphatic heterocycles. The average molecular weight is 367 g/mol. The summed E-state index contributed by atoms with van der Waals surface area (Å²) >= 11 is 1.84. The number of aryl methyl sites for hydroxylation is 1. The molecule has 1 N–H and O–H groups in total. The van der Waals surface area contributed by atoms with Crippen molar-refractivity contribution in [2.24, 2.45) is 7.05 Å². The minimum absolute atomic E-state index is 0.113. The molecule has 0 saturated heterocycles. The Bertz CT molecular complexity index is 917. The molecular formula is C19H21N5OS. The number of carbonyl (C=O) groups excluding carboxylic acids is 1. The summed E-state index contributed by atoms with van der Waals surface area (Å²) in [5, 5.41) is 5.69. The van der Waals surface area contributed by atoms with Crippen LogP contribution in [0.2, 0.25) is 0 Å². The fraction of sp³-hybridized carbons (Fsp3) is 0.368. The molecule has 1 aliphatic carbocycles. The summed E-state index contributed by atoms with van der Waals surface area (Å²) in [5.41, 5.74) is 1.04. The van der Waals surface area contributed by atoms with Gasteiger partial charge in [0.1, 0.15) is 5.69 Å². The van der Waals surface area contributed by atoms with E-state index >= 15 is 0 Å². The van der Waals surface area contributed by atoms with Crippen LogP contribution < -0.4 is 5.32 Å². The van der Waals surface area contributed by atoms with Crippen molar-refractivity contribution in [3.63, 3.8) is 0 Å². The van der Waals surface area contributed by atoms with Crippen LogP contribution in [0.15, 0.2) is 48.0 Å². The molecule has 3 aromatic heterocycles. The maximum Gasteiger partial charge on any atom is 0.270 e. The van der Waals surface area contributed by atoms with Crippen LogP contribution in [0.3, 0.4) is 0 Å². The lowest BCUT2D eigenvalue weighted by molar-refractivity contribution is 0.0923. The van der Waals surface area contributed by atoms with Gasteiger partial charge in [-0.3, -0.25) is 4.79 Å². The average Bonchev–Trinajstić information content (AvgIpc) is 3.07. The number of aromatic nitrogens is 4. The number of nitrogens with zero attached hydrogens (tertiary/aromatic N) is 4. The fourth-order valence-corrected chi connectivity index (χ4v) is 4.43. The number of hydrogen-bond acceptors (Lipinski definition) is 5. The van der Waals surface area contributed by atoms with Crippen LogP contribution in [-0.4, -0.2) is 36.7 Å². The van der Waals surface area contributed by atoms with Crippen molar-refractivity contribution in [2.75, 3.05) is 0 Å². The lowest BCUT2D eigenvalue weighted by Gasteiger charge is -2.28. The molecular weight excluding hydrogens is 346 g/mol. The van der Waals surface area contributed by atoms with Crippen LogP contribution in [0.25, 0.3) is 11.0 Å². The topological polar surface area (TPSA) is 72.7 Å². The van der Waals surface area contributed by atoms with E-state index < -0.39 is 0 Å². The summed E-state index contributed by atoms with van der Waals surface area (Å²) in [6.07, 6.45) is 9.63. The SMILES string of the molecule is Cn1ccnc1SC1CCC(NC(=O)c2ccc3cccnc3n2)CC1. The van der Waals surface area contributed by atoms with Crippen molar-refractivity contribution in [1.29, 1.82) is 0 Å². The van der Waals surface area contributed by atoms with E-state index in [4.69, 9.17) is 0 Å². The van der Waals surface area contributed by atoms with Crippen LogP contribution >= 0.6 is 11.8 Å². The smallest absolute Gasteiger partial charge is 0.270 e. The third kappa shape index (κ3) is 3.72. The van der Waals surface area contributed by atoms with E-state index in [1.54, 1.807) is 12.3 Å². The zero-order chi connectivity index (χ0) is 17.9. The first-order valence-electron chi connectivity index (χ1n) is 8.85. The van der Waals surface area contributed by atoms with Gasteiger partial charge >= 0.3 is 0 Å². The van der Waals surface area contributed by atoms with Gasteiger partial charge in [-0.25, -0.2) is 15.0 Å². The van der Waals surface area contributed by atoms with Gasteiger partial charge in [-0.1, -0.05) is 11.8 Å². The predicted octanol–water partition coefficient (Wildman–Crippen LogP) is 3.20. The highest BCUT2D eigenvalue weighted by Gasteiger charge is 2.24. The van der Waals surface area contributed by atoms with Crippen LogP contribution in [0.1, 0.15) is 36.2 Å². The van der Waals surface area contributed by atoms with Gasteiger partial charge in [-0.2, -0.15) is 0 Å². The van der Waals surface area contributed by atoms with Crippen LogP contribution in [0.4, 0.5) is 0 Å². The number of thioether (sulfide) groups is 1. The highest BCUT2D eigenvalue weighted by Crippen LogP contribution is 2.32. The number of fused-ring (bicyclic) bond motifs is 1. The second kappa shape index (κ2) is 7.45. The van der Waals surface area contributed by atoms with Crippen LogP contribution in [0.5, 0.6) is 0 Å². The van der Waals surface area contributed by atoms with Gasteiger partial charge in [-0.15, -0.1) is 0 Å². The molecule has 0 spiro atoms. The van der Waals surface area contributed by atoms with Crippen molar-refractivity contribution >= 4 is 28.7 Å². The molecule has 1 saturated carbocycles. The largest absolute Gasteiger partial charge is 0.348 e. The lowest BCUT2D eigenvalue weighted by Crippen LogP contribution is -2.38. The maximum absolute atomic E-state index is 12.5. The number of carbonyl (C=O) groups is 1. The Kier molecular flexibility index (Phi) is 4.88. The first-order valence-corrected chi connectivity index (χ1v) is 9.73. The van der Waals surface area contributed by atoms with E-state index in [-0.39, 0.29) is 11.9 Å². The predicted molar refractivity (Wildman–Crippen MR) is 102 cm³/mol. The molecule has 1 aliphatic rings. The molecule has 0 atom stereocenters. The van der Waals surface area contributed by atoms with Crippen molar-refractivity contribution in [3.05, 3.63) is 48.5 Å². The number of rotatable bonds is 4. The number of pyridine rings is 2. The van der Waals surface area contributed by atoms with Gasteiger partial charge in [-0.05, 0) is 49.9 Å². The number of imidazole rings is 1. The molecule has 3 heterocycles. The Morgan fingerprint density at radius 1 is 1.15 bits per heavy atom. The molecule has 0 bridgehead atoms. The van der Waals surface area contributed by atoms with E-state index in [0.717, 1.165) is 36.2 Å². The summed E-state index contributed by atoms with van der Waals surface area (Å²) in [7, 11) is 2.02. The van der Waals surface area contributed by atoms with E-state index in [0.29, 0.717) is 16.6 Å². The maximum atomic E-state index is 12.5. The number of amides is 1. The second-order valence-electron chi connectivity index (χ2n) is 6.63. The van der Waals surface area contributed by atoms with E-state index in [1.807, 2.05) is 49.4 Å². The van der Waals surface area contributed by atoms with Crippen LogP contribution in [-0.2, 0) is 7.05 Å². The Hall–Kier alpha value is -2.41. The minimum atomic E-state index is -0.113. The van der Waals surface area contributed by atoms with Crippen molar-refractivity contribution < 1.29 is 4.79 Å². The molecule has 6 nitrogen and oxygen atoms in total.